The molecule has 8 heteroatoms. The van der Waals surface area contributed by atoms with Crippen molar-refractivity contribution in [1.82, 2.24) is 25.3 Å². The summed E-state index contributed by atoms with van der Waals surface area (Å²) in [4.78, 5) is 35.6. The lowest BCUT2D eigenvalue weighted by Crippen LogP contribution is -2.42. The number of aryl methyl sites for hydroxylation is 1. The van der Waals surface area contributed by atoms with E-state index in [1.54, 1.807) is 11.0 Å². The van der Waals surface area contributed by atoms with Gasteiger partial charge in [-0.25, -0.2) is 4.98 Å². The van der Waals surface area contributed by atoms with Crippen LogP contribution in [0.3, 0.4) is 0 Å². The Bertz CT molecular complexity index is 871. The van der Waals surface area contributed by atoms with Crippen molar-refractivity contribution < 1.29 is 14.1 Å². The number of carbonyl (C=O) groups excluding carboxylic acids is 2. The number of likely N-dealkylation sites (N-methyl/N-ethyl adjacent to an activating group) is 1. The lowest BCUT2D eigenvalue weighted by atomic mass is 9.85. The van der Waals surface area contributed by atoms with E-state index in [2.05, 4.69) is 20.4 Å². The van der Waals surface area contributed by atoms with Gasteiger partial charge in [-0.15, -0.1) is 0 Å². The summed E-state index contributed by atoms with van der Waals surface area (Å²) in [6.45, 7) is 6.43. The highest BCUT2D eigenvalue weighted by Gasteiger charge is 2.29. The second kappa shape index (κ2) is 9.82. The summed E-state index contributed by atoms with van der Waals surface area (Å²) in [7, 11) is 1.82. The highest BCUT2D eigenvalue weighted by molar-refractivity contribution is 5.92. The normalized spacial score (nSPS) is 19.0. The molecule has 1 aliphatic carbocycles. The number of rotatable bonds is 7. The van der Waals surface area contributed by atoms with Crippen molar-refractivity contribution in [3.63, 3.8) is 0 Å². The van der Waals surface area contributed by atoms with E-state index in [1.165, 1.54) is 0 Å². The molecule has 0 radical (unpaired) electrons. The molecule has 30 heavy (non-hydrogen) atoms. The number of hydrogen-bond acceptors (Lipinski definition) is 6. The van der Waals surface area contributed by atoms with Crippen LogP contribution >= 0.6 is 0 Å². The Morgan fingerprint density at radius 3 is 2.57 bits per heavy atom. The largest absolute Gasteiger partial charge is 0.348 e. The van der Waals surface area contributed by atoms with Gasteiger partial charge in [-0.05, 0) is 44.7 Å². The van der Waals surface area contributed by atoms with Gasteiger partial charge in [-0.3, -0.25) is 9.59 Å². The molecular weight excluding hydrogens is 382 g/mol. The number of pyridine rings is 1. The zero-order valence-corrected chi connectivity index (χ0v) is 18.2. The van der Waals surface area contributed by atoms with E-state index in [0.717, 1.165) is 31.4 Å². The topological polar surface area (TPSA) is 101 Å². The summed E-state index contributed by atoms with van der Waals surface area (Å²) in [5, 5.41) is 7.04. The number of carbonyl (C=O) groups is 2. The average molecular weight is 414 g/mol. The Labute approximate surface area is 177 Å². The van der Waals surface area contributed by atoms with Gasteiger partial charge in [-0.1, -0.05) is 25.1 Å². The van der Waals surface area contributed by atoms with Crippen molar-refractivity contribution in [2.75, 3.05) is 13.6 Å². The molecule has 0 saturated heterocycles. The molecular formula is C22H31N5O3. The SMILES string of the molecule is Cc1cccc(C(=O)NC2CCC(C(=O)N(C)CCc3noc(C(C)C)n3)CC2)n1. The van der Waals surface area contributed by atoms with Crippen molar-refractivity contribution in [2.24, 2.45) is 5.92 Å². The van der Waals surface area contributed by atoms with E-state index in [4.69, 9.17) is 4.52 Å². The van der Waals surface area contributed by atoms with Crippen molar-refractivity contribution in [2.45, 2.75) is 64.8 Å². The van der Waals surface area contributed by atoms with Crippen LogP contribution in [0.1, 0.15) is 73.3 Å². The highest BCUT2D eigenvalue weighted by Crippen LogP contribution is 2.26. The van der Waals surface area contributed by atoms with Crippen molar-refractivity contribution in [1.29, 1.82) is 0 Å². The molecule has 0 bridgehead atoms. The smallest absolute Gasteiger partial charge is 0.270 e. The first kappa shape index (κ1) is 21.9. The minimum absolute atomic E-state index is 0.00302. The minimum Gasteiger partial charge on any atom is -0.348 e. The quantitative estimate of drug-likeness (QED) is 0.749. The molecule has 162 valence electrons. The van der Waals surface area contributed by atoms with E-state index >= 15 is 0 Å². The number of amides is 2. The Morgan fingerprint density at radius 1 is 1.20 bits per heavy atom. The Hall–Kier alpha value is -2.77. The fraction of sp³-hybridized carbons (Fsp3) is 0.591. The third-order valence-electron chi connectivity index (χ3n) is 5.56. The number of hydrogen-bond donors (Lipinski definition) is 1. The Kier molecular flexibility index (Phi) is 7.18. The average Bonchev–Trinajstić information content (AvgIpc) is 3.21. The molecule has 0 aliphatic heterocycles. The van der Waals surface area contributed by atoms with Crippen LogP contribution in [0.5, 0.6) is 0 Å². The summed E-state index contributed by atoms with van der Waals surface area (Å²) in [5.74, 6) is 1.45. The van der Waals surface area contributed by atoms with Crippen LogP contribution in [0.4, 0.5) is 0 Å². The second-order valence-corrected chi connectivity index (χ2v) is 8.40. The zero-order valence-electron chi connectivity index (χ0n) is 18.2. The van der Waals surface area contributed by atoms with E-state index in [9.17, 15) is 9.59 Å². The van der Waals surface area contributed by atoms with Crippen molar-refractivity contribution >= 4 is 11.8 Å². The fourth-order valence-corrected chi connectivity index (χ4v) is 3.71. The number of aromatic nitrogens is 3. The Balaban J connectivity index is 1.43. The summed E-state index contributed by atoms with van der Waals surface area (Å²) in [6, 6.07) is 5.51. The van der Waals surface area contributed by atoms with Gasteiger partial charge in [0.15, 0.2) is 5.82 Å². The van der Waals surface area contributed by atoms with Crippen LogP contribution in [-0.2, 0) is 11.2 Å². The van der Waals surface area contributed by atoms with Crippen LogP contribution in [-0.4, -0.2) is 51.5 Å². The van der Waals surface area contributed by atoms with Crippen LogP contribution < -0.4 is 5.32 Å². The maximum atomic E-state index is 12.8. The summed E-state index contributed by atoms with van der Waals surface area (Å²) >= 11 is 0. The van der Waals surface area contributed by atoms with Crippen LogP contribution in [0.25, 0.3) is 0 Å². The predicted octanol–water partition coefficient (Wildman–Crippen LogP) is 2.89. The van der Waals surface area contributed by atoms with Gasteiger partial charge in [0.25, 0.3) is 5.91 Å². The second-order valence-electron chi connectivity index (χ2n) is 8.40. The lowest BCUT2D eigenvalue weighted by molar-refractivity contribution is -0.135. The third kappa shape index (κ3) is 5.64. The standard InChI is InChI=1S/C22H31N5O3/c1-14(2)21-25-19(26-30-21)12-13-27(4)22(29)16-8-10-17(11-9-16)24-20(28)18-7-5-6-15(3)23-18/h5-7,14,16-17H,8-13H2,1-4H3,(H,24,28). The van der Waals surface area contributed by atoms with Crippen LogP contribution in [0.2, 0.25) is 0 Å². The van der Waals surface area contributed by atoms with E-state index in [1.807, 2.05) is 40.0 Å². The first-order chi connectivity index (χ1) is 14.3. The molecule has 2 aromatic rings. The van der Waals surface area contributed by atoms with E-state index in [-0.39, 0.29) is 29.7 Å². The molecule has 1 N–H and O–H groups in total. The van der Waals surface area contributed by atoms with E-state index < -0.39 is 0 Å². The molecule has 0 spiro atoms. The molecule has 1 aliphatic rings. The maximum absolute atomic E-state index is 12.8. The molecule has 8 nitrogen and oxygen atoms in total. The first-order valence-corrected chi connectivity index (χ1v) is 10.7. The molecule has 0 unspecified atom stereocenters. The molecule has 2 heterocycles. The Morgan fingerprint density at radius 2 is 1.93 bits per heavy atom. The van der Waals surface area contributed by atoms with Gasteiger partial charge in [0.2, 0.25) is 11.8 Å². The van der Waals surface area contributed by atoms with Gasteiger partial charge in [0.05, 0.1) is 0 Å². The maximum Gasteiger partial charge on any atom is 0.270 e. The number of nitrogens with zero attached hydrogens (tertiary/aromatic N) is 4. The molecule has 3 rings (SSSR count). The van der Waals surface area contributed by atoms with Crippen molar-refractivity contribution in [3.8, 4) is 0 Å². The van der Waals surface area contributed by atoms with E-state index in [0.29, 0.717) is 30.4 Å². The summed E-state index contributed by atoms with van der Waals surface area (Å²) < 4.78 is 5.21. The molecule has 0 aromatic carbocycles. The third-order valence-corrected chi connectivity index (χ3v) is 5.56. The minimum atomic E-state index is -0.147. The molecule has 2 amide bonds. The molecule has 2 aromatic heterocycles. The highest BCUT2D eigenvalue weighted by atomic mass is 16.5. The first-order valence-electron chi connectivity index (χ1n) is 10.7. The van der Waals surface area contributed by atoms with Gasteiger partial charge in [-0.2, -0.15) is 4.98 Å². The number of nitrogens with one attached hydrogen (secondary N) is 1. The zero-order chi connectivity index (χ0) is 21.7. The summed E-state index contributed by atoms with van der Waals surface area (Å²) in [6.07, 6.45) is 3.71. The lowest BCUT2D eigenvalue weighted by Gasteiger charge is -2.30. The van der Waals surface area contributed by atoms with Crippen molar-refractivity contribution in [3.05, 3.63) is 41.3 Å². The fourth-order valence-electron chi connectivity index (χ4n) is 3.71. The van der Waals surface area contributed by atoms with Gasteiger partial charge < -0.3 is 14.7 Å². The molecule has 1 fully saturated rings. The molecule has 0 atom stereocenters. The van der Waals surface area contributed by atoms with Crippen LogP contribution in [0, 0.1) is 12.8 Å². The van der Waals surface area contributed by atoms with Gasteiger partial charge in [0, 0.05) is 43.6 Å². The molecule has 1 saturated carbocycles. The van der Waals surface area contributed by atoms with Crippen LogP contribution in [0.15, 0.2) is 22.7 Å². The van der Waals surface area contributed by atoms with Gasteiger partial charge >= 0.3 is 0 Å². The predicted molar refractivity (Wildman–Crippen MR) is 112 cm³/mol. The summed E-state index contributed by atoms with van der Waals surface area (Å²) in [5.41, 5.74) is 1.26. The monoisotopic (exact) mass is 413 g/mol. The van der Waals surface area contributed by atoms with Gasteiger partial charge in [0.1, 0.15) is 5.69 Å².